The molecule has 1 unspecified atom stereocenters. The predicted octanol–water partition coefficient (Wildman–Crippen LogP) is 7.49. The Hall–Kier alpha value is -2.18. The second-order valence-electron chi connectivity index (χ2n) is 22.5. The summed E-state index contributed by atoms with van der Waals surface area (Å²) in [4.78, 5) is 40.2. The van der Waals surface area contributed by atoms with Gasteiger partial charge in [-0.3, -0.25) is 14.5 Å². The van der Waals surface area contributed by atoms with Crippen molar-refractivity contribution in [3.8, 4) is 0 Å². The number of carboxylic acids is 1. The molecule has 7 aliphatic rings. The predicted molar refractivity (Wildman–Crippen MR) is 229 cm³/mol. The van der Waals surface area contributed by atoms with Crippen LogP contribution in [0.5, 0.6) is 0 Å². The molecule has 0 bridgehead atoms. The Bertz CT molecular complexity index is 1770. The van der Waals surface area contributed by atoms with E-state index < -0.39 is 33.2 Å². The first-order chi connectivity index (χ1) is 27.5. The number of carboxylic acid groups (broad SMARTS) is 1. The Morgan fingerprint density at radius 2 is 1.53 bits per heavy atom. The Labute approximate surface area is 355 Å². The molecule has 1 amide bonds. The average Bonchev–Trinajstić information content (AvgIpc) is 3.53. The van der Waals surface area contributed by atoms with Crippen LogP contribution in [0.25, 0.3) is 0 Å². The highest BCUT2D eigenvalue weighted by atomic mass is 32.2. The SMILES string of the molecule is C=C(C)[C@@H]1CC[C@]2(NCC(CNC(=O)OCC)N3CCS(=O)(=O)CC3)CC[C@]3(C)[C@H](CC[C@@H]4[C@@]5(C)CC[C@H](OC(=O)[C@H]6C[C@@H](C(=O)O)C6(C)C)C(C)(C)[C@@H]5CC[C@]43C)[C@@H]12. The molecule has 7 rings (SSSR count). The highest BCUT2D eigenvalue weighted by Gasteiger charge is 2.71. The van der Waals surface area contributed by atoms with Gasteiger partial charge in [0.25, 0.3) is 0 Å². The van der Waals surface area contributed by atoms with Crippen LogP contribution in [0.2, 0.25) is 0 Å². The van der Waals surface area contributed by atoms with E-state index in [0.717, 1.165) is 51.4 Å². The minimum atomic E-state index is -3.05. The molecule has 7 fully saturated rings. The molecule has 1 aliphatic heterocycles. The third-order valence-corrected chi connectivity index (χ3v) is 21.1. The molecular formula is C47H77N3O8S. The van der Waals surface area contributed by atoms with Gasteiger partial charge in [-0.2, -0.15) is 0 Å². The molecule has 6 aliphatic carbocycles. The highest BCUT2D eigenvalue weighted by Crippen LogP contribution is 2.76. The van der Waals surface area contributed by atoms with Gasteiger partial charge in [-0.25, -0.2) is 13.2 Å². The summed E-state index contributed by atoms with van der Waals surface area (Å²) in [5.74, 6) is 0.773. The number of rotatable bonds is 11. The summed E-state index contributed by atoms with van der Waals surface area (Å²) in [7, 11) is -3.05. The van der Waals surface area contributed by atoms with Gasteiger partial charge in [0.05, 0.1) is 29.9 Å². The van der Waals surface area contributed by atoms with Crippen molar-refractivity contribution in [1.82, 2.24) is 15.5 Å². The van der Waals surface area contributed by atoms with Crippen molar-refractivity contribution in [2.24, 2.45) is 68.5 Å². The maximum absolute atomic E-state index is 13.7. The van der Waals surface area contributed by atoms with Crippen LogP contribution in [-0.4, -0.2) is 98.4 Å². The zero-order chi connectivity index (χ0) is 43.1. The van der Waals surface area contributed by atoms with Crippen molar-refractivity contribution in [3.63, 3.8) is 0 Å². The van der Waals surface area contributed by atoms with Gasteiger partial charge in [-0.1, -0.05) is 60.6 Å². The van der Waals surface area contributed by atoms with Gasteiger partial charge in [0.1, 0.15) is 6.10 Å². The highest BCUT2D eigenvalue weighted by molar-refractivity contribution is 7.91. The number of hydrogen-bond donors (Lipinski definition) is 3. The number of sulfone groups is 1. The van der Waals surface area contributed by atoms with E-state index >= 15 is 0 Å². The Kier molecular flexibility index (Phi) is 11.8. The fraction of sp³-hybridized carbons (Fsp3) is 0.894. The fourth-order valence-corrected chi connectivity index (χ4v) is 17.0. The normalized spacial score (nSPS) is 43.6. The van der Waals surface area contributed by atoms with Crippen molar-refractivity contribution in [2.75, 3.05) is 44.3 Å². The molecule has 13 atom stereocenters. The van der Waals surface area contributed by atoms with Crippen LogP contribution < -0.4 is 10.6 Å². The van der Waals surface area contributed by atoms with Gasteiger partial charge in [-0.15, -0.1) is 0 Å². The summed E-state index contributed by atoms with van der Waals surface area (Å²) in [5, 5.41) is 16.9. The van der Waals surface area contributed by atoms with E-state index in [-0.39, 0.29) is 62.7 Å². The van der Waals surface area contributed by atoms with Crippen LogP contribution in [0, 0.1) is 68.5 Å². The molecule has 12 heteroatoms. The van der Waals surface area contributed by atoms with E-state index in [1.165, 1.54) is 18.4 Å². The van der Waals surface area contributed by atoms with Crippen molar-refractivity contribution < 1.29 is 37.4 Å². The van der Waals surface area contributed by atoms with E-state index in [2.05, 4.69) is 63.7 Å². The first-order valence-electron chi connectivity index (χ1n) is 23.2. The molecule has 6 saturated carbocycles. The van der Waals surface area contributed by atoms with E-state index in [1.54, 1.807) is 6.92 Å². The molecule has 0 aromatic heterocycles. The quantitative estimate of drug-likeness (QED) is 0.141. The summed E-state index contributed by atoms with van der Waals surface area (Å²) in [6.45, 7) is 27.3. The van der Waals surface area contributed by atoms with Gasteiger partial charge >= 0.3 is 18.0 Å². The summed E-state index contributed by atoms with van der Waals surface area (Å²) in [6, 6.07) is -0.0507. The third-order valence-electron chi connectivity index (χ3n) is 19.5. The minimum Gasteiger partial charge on any atom is -0.481 e. The summed E-state index contributed by atoms with van der Waals surface area (Å²) < 4.78 is 36.5. The van der Waals surface area contributed by atoms with Crippen molar-refractivity contribution in [1.29, 1.82) is 0 Å². The summed E-state index contributed by atoms with van der Waals surface area (Å²) in [5.41, 5.74) is 0.859. The topological polar surface area (TPSA) is 151 Å². The number of hydrogen-bond acceptors (Lipinski definition) is 9. The Morgan fingerprint density at radius 3 is 2.15 bits per heavy atom. The number of nitrogens with zero attached hydrogens (tertiary/aromatic N) is 1. The van der Waals surface area contributed by atoms with Crippen LogP contribution in [0.1, 0.15) is 133 Å². The smallest absolute Gasteiger partial charge is 0.407 e. The molecule has 0 aromatic rings. The molecule has 0 aromatic carbocycles. The van der Waals surface area contributed by atoms with Gasteiger partial charge < -0.3 is 25.2 Å². The Morgan fingerprint density at radius 1 is 0.831 bits per heavy atom. The Balaban J connectivity index is 1.10. The lowest BCUT2D eigenvalue weighted by Gasteiger charge is -2.73. The molecule has 59 heavy (non-hydrogen) atoms. The lowest BCUT2D eigenvalue weighted by Crippen LogP contribution is -2.69. The zero-order valence-corrected chi connectivity index (χ0v) is 38.6. The average molecular weight is 844 g/mol. The number of nitrogens with one attached hydrogen (secondary N) is 2. The van der Waals surface area contributed by atoms with Crippen LogP contribution >= 0.6 is 0 Å². The number of alkyl carbamates (subject to hydrolysis) is 1. The van der Waals surface area contributed by atoms with Crippen LogP contribution in [-0.2, 0) is 28.9 Å². The summed E-state index contributed by atoms with van der Waals surface area (Å²) >= 11 is 0. The van der Waals surface area contributed by atoms with Crippen LogP contribution in [0.3, 0.4) is 0 Å². The lowest BCUT2D eigenvalue weighted by atomic mass is 9.32. The van der Waals surface area contributed by atoms with Crippen LogP contribution in [0.15, 0.2) is 12.2 Å². The van der Waals surface area contributed by atoms with E-state index in [1.807, 2.05) is 13.8 Å². The first-order valence-corrected chi connectivity index (χ1v) is 25.0. The maximum atomic E-state index is 13.7. The fourth-order valence-electron chi connectivity index (χ4n) is 15.7. The number of ether oxygens (including phenoxy) is 2. The number of aliphatic carboxylic acids is 1. The number of esters is 1. The zero-order valence-electron chi connectivity index (χ0n) is 37.8. The second-order valence-corrected chi connectivity index (χ2v) is 24.8. The van der Waals surface area contributed by atoms with E-state index in [4.69, 9.17) is 9.47 Å². The van der Waals surface area contributed by atoms with Crippen molar-refractivity contribution in [3.05, 3.63) is 12.2 Å². The van der Waals surface area contributed by atoms with Gasteiger partial charge in [0.15, 0.2) is 9.84 Å². The molecule has 334 valence electrons. The molecule has 1 saturated heterocycles. The van der Waals surface area contributed by atoms with Crippen molar-refractivity contribution in [2.45, 2.75) is 151 Å². The number of allylic oxidation sites excluding steroid dienone is 1. The molecule has 0 radical (unpaired) electrons. The van der Waals surface area contributed by atoms with Gasteiger partial charge in [-0.05, 0) is 136 Å². The molecular weight excluding hydrogens is 767 g/mol. The van der Waals surface area contributed by atoms with Crippen molar-refractivity contribution >= 4 is 27.9 Å². The van der Waals surface area contributed by atoms with E-state index in [0.29, 0.717) is 68.8 Å². The number of fused-ring (bicyclic) bond motifs is 7. The first kappa shape index (κ1) is 44.9. The molecule has 11 nitrogen and oxygen atoms in total. The second kappa shape index (κ2) is 15.6. The third kappa shape index (κ3) is 7.30. The van der Waals surface area contributed by atoms with Gasteiger partial charge in [0.2, 0.25) is 0 Å². The molecule has 1 heterocycles. The molecule has 3 N–H and O–H groups in total. The number of carbonyl (C=O) groups is 3. The minimum absolute atomic E-state index is 0.0501. The number of carbonyl (C=O) groups excluding carboxylic acids is 2. The van der Waals surface area contributed by atoms with Gasteiger partial charge in [0, 0.05) is 43.2 Å². The number of amides is 1. The summed E-state index contributed by atoms with van der Waals surface area (Å²) in [6.07, 6.45) is 10.8. The van der Waals surface area contributed by atoms with Crippen LogP contribution in [0.4, 0.5) is 4.79 Å². The monoisotopic (exact) mass is 844 g/mol. The maximum Gasteiger partial charge on any atom is 0.407 e. The molecule has 0 spiro atoms. The largest absolute Gasteiger partial charge is 0.481 e. The van der Waals surface area contributed by atoms with E-state index in [9.17, 15) is 27.9 Å². The standard InChI is InChI=1S/C47H77N3O8S/c1-11-57-41(54)48-27-30(50-22-24-59(55,56)25-23-50)28-49-47-19-14-31(29(2)3)38(47)32-12-13-36-44(8)17-16-37(58-40(53)34-26-33(39(51)52)42(34,4)5)43(6,7)35(44)15-18-46(36,10)45(32,9)20-21-47/h30-38,49H,2,11-28H2,1,3-10H3,(H,48,54)(H,51,52)/t30?,31-,32+,33-,34+,35-,36+,37-,38+,44-,45+,46+,47-/m0/s1. The lowest BCUT2D eigenvalue weighted by molar-refractivity contribution is -0.248.